The fourth-order valence-corrected chi connectivity index (χ4v) is 2.82. The normalized spacial score (nSPS) is 24.1. The predicted molar refractivity (Wildman–Crippen MR) is 81.2 cm³/mol. The van der Waals surface area contributed by atoms with Gasteiger partial charge in [-0.25, -0.2) is 0 Å². The van der Waals surface area contributed by atoms with Crippen LogP contribution in [0.3, 0.4) is 0 Å². The summed E-state index contributed by atoms with van der Waals surface area (Å²) in [6.45, 7) is 3.89. The minimum atomic E-state index is -0.0308. The highest BCUT2D eigenvalue weighted by Gasteiger charge is 2.44. The lowest BCUT2D eigenvalue weighted by Gasteiger charge is -2.19. The van der Waals surface area contributed by atoms with E-state index in [1.54, 1.807) is 6.07 Å². The minimum absolute atomic E-state index is 0.0159. The molecule has 0 radical (unpaired) electrons. The van der Waals surface area contributed by atoms with Crippen molar-refractivity contribution in [3.63, 3.8) is 0 Å². The van der Waals surface area contributed by atoms with E-state index in [1.165, 1.54) is 0 Å². The molecule has 4 atom stereocenters. The van der Waals surface area contributed by atoms with E-state index in [0.29, 0.717) is 10.0 Å². The topological polar surface area (TPSA) is 49.3 Å². The first-order chi connectivity index (χ1) is 9.42. The van der Waals surface area contributed by atoms with Gasteiger partial charge in [0, 0.05) is 28.6 Å². The summed E-state index contributed by atoms with van der Waals surface area (Å²) >= 11 is 12.0. The number of hydrogen-bond donors (Lipinski definition) is 2. The summed E-state index contributed by atoms with van der Waals surface area (Å²) in [5.41, 5.74) is 1.02. The molecule has 1 aliphatic rings. The van der Waals surface area contributed by atoms with Gasteiger partial charge in [0.05, 0.1) is 0 Å². The molecule has 1 aromatic carbocycles. The summed E-state index contributed by atoms with van der Waals surface area (Å²) in [7, 11) is 0. The van der Waals surface area contributed by atoms with Crippen LogP contribution in [0.15, 0.2) is 18.2 Å². The zero-order valence-electron chi connectivity index (χ0n) is 11.6. The maximum Gasteiger partial charge on any atom is 0.223 e. The molecular weight excluding hydrogens is 297 g/mol. The van der Waals surface area contributed by atoms with Crippen molar-refractivity contribution in [2.45, 2.75) is 32.2 Å². The van der Waals surface area contributed by atoms with Crippen LogP contribution >= 0.6 is 23.2 Å². The van der Waals surface area contributed by atoms with Crippen LogP contribution in [0.5, 0.6) is 0 Å². The first-order valence-corrected chi connectivity index (χ1v) is 7.55. The van der Waals surface area contributed by atoms with Crippen molar-refractivity contribution in [1.29, 1.82) is 0 Å². The summed E-state index contributed by atoms with van der Waals surface area (Å²) < 4.78 is 0. The van der Waals surface area contributed by atoms with Crippen LogP contribution in [0.1, 0.15) is 31.7 Å². The van der Waals surface area contributed by atoms with Crippen LogP contribution in [-0.4, -0.2) is 23.7 Å². The highest BCUT2D eigenvalue weighted by molar-refractivity contribution is 6.34. The van der Waals surface area contributed by atoms with E-state index in [1.807, 2.05) is 26.0 Å². The Labute approximate surface area is 129 Å². The van der Waals surface area contributed by atoms with Crippen LogP contribution in [0.25, 0.3) is 0 Å². The fraction of sp³-hybridized carbons (Fsp3) is 0.533. The van der Waals surface area contributed by atoms with Crippen LogP contribution in [0.2, 0.25) is 10.0 Å². The van der Waals surface area contributed by atoms with Gasteiger partial charge in [-0.05, 0) is 48.9 Å². The van der Waals surface area contributed by atoms with E-state index in [4.69, 9.17) is 28.3 Å². The van der Waals surface area contributed by atoms with Crippen molar-refractivity contribution < 1.29 is 9.90 Å². The molecule has 0 bridgehead atoms. The second-order valence-electron chi connectivity index (χ2n) is 5.61. The van der Waals surface area contributed by atoms with Crippen LogP contribution in [-0.2, 0) is 4.79 Å². The highest BCUT2D eigenvalue weighted by Crippen LogP contribution is 2.48. The summed E-state index contributed by atoms with van der Waals surface area (Å²) in [6, 6.07) is 5.39. The molecule has 1 fully saturated rings. The van der Waals surface area contributed by atoms with E-state index in [0.717, 1.165) is 12.0 Å². The Morgan fingerprint density at radius 3 is 2.50 bits per heavy atom. The largest absolute Gasteiger partial charge is 0.396 e. The number of halogens is 2. The number of carbonyl (C=O) groups is 1. The van der Waals surface area contributed by atoms with Gasteiger partial charge in [-0.15, -0.1) is 0 Å². The van der Waals surface area contributed by atoms with Gasteiger partial charge >= 0.3 is 0 Å². The predicted octanol–water partition coefficient (Wildman–Crippen LogP) is 3.23. The Morgan fingerprint density at radius 1 is 1.35 bits per heavy atom. The van der Waals surface area contributed by atoms with Crippen molar-refractivity contribution in [3.05, 3.63) is 33.8 Å². The molecule has 0 spiro atoms. The van der Waals surface area contributed by atoms with Gasteiger partial charge in [0.25, 0.3) is 0 Å². The Bertz CT molecular complexity index is 486. The average molecular weight is 316 g/mol. The first-order valence-electron chi connectivity index (χ1n) is 6.79. The number of hydrogen-bond acceptors (Lipinski definition) is 2. The second-order valence-corrected chi connectivity index (χ2v) is 6.48. The molecule has 1 aromatic rings. The van der Waals surface area contributed by atoms with E-state index >= 15 is 0 Å². The monoisotopic (exact) mass is 315 g/mol. The molecule has 1 saturated carbocycles. The lowest BCUT2D eigenvalue weighted by Crippen LogP contribution is -2.39. The molecule has 0 saturated heterocycles. The van der Waals surface area contributed by atoms with Crippen molar-refractivity contribution in [3.8, 4) is 0 Å². The molecule has 0 aromatic heterocycles. The van der Waals surface area contributed by atoms with Crippen molar-refractivity contribution in [2.75, 3.05) is 6.61 Å². The van der Waals surface area contributed by atoms with Gasteiger partial charge in [-0.3, -0.25) is 4.79 Å². The van der Waals surface area contributed by atoms with Gasteiger partial charge in [-0.1, -0.05) is 30.1 Å². The van der Waals surface area contributed by atoms with Gasteiger partial charge in [-0.2, -0.15) is 0 Å². The molecule has 20 heavy (non-hydrogen) atoms. The van der Waals surface area contributed by atoms with Gasteiger partial charge < -0.3 is 10.4 Å². The molecule has 5 heteroatoms. The number of amides is 1. The molecule has 2 N–H and O–H groups in total. The minimum Gasteiger partial charge on any atom is -0.396 e. The van der Waals surface area contributed by atoms with Crippen LogP contribution in [0, 0.1) is 11.8 Å². The molecular formula is C15H19Cl2NO2. The number of benzene rings is 1. The fourth-order valence-electron chi connectivity index (χ4n) is 2.27. The number of nitrogens with one attached hydrogen (secondary N) is 1. The van der Waals surface area contributed by atoms with Gasteiger partial charge in [0.15, 0.2) is 0 Å². The van der Waals surface area contributed by atoms with Crippen molar-refractivity contribution >= 4 is 29.1 Å². The van der Waals surface area contributed by atoms with Crippen molar-refractivity contribution in [1.82, 2.24) is 5.32 Å². The first kappa shape index (κ1) is 15.6. The second kappa shape index (κ2) is 6.33. The van der Waals surface area contributed by atoms with Gasteiger partial charge in [0.1, 0.15) is 0 Å². The highest BCUT2D eigenvalue weighted by atomic mass is 35.5. The maximum atomic E-state index is 12.1. The molecule has 2 rings (SSSR count). The standard InChI is InChI=1S/C15H19Cl2NO2/c1-8(7-19)9(2)18-15(20)14-6-13(14)10-3-11(16)5-12(17)4-10/h3-5,8-9,13-14,19H,6-7H2,1-2H3,(H,18,20). The zero-order valence-corrected chi connectivity index (χ0v) is 13.1. The van der Waals surface area contributed by atoms with E-state index < -0.39 is 0 Å². The van der Waals surface area contributed by atoms with E-state index in [2.05, 4.69) is 5.32 Å². The summed E-state index contributed by atoms with van der Waals surface area (Å²) in [5.74, 6) is 0.274. The number of rotatable bonds is 5. The van der Waals surface area contributed by atoms with E-state index in [9.17, 15) is 4.79 Å². The maximum absolute atomic E-state index is 12.1. The molecule has 0 heterocycles. The third-order valence-electron chi connectivity index (χ3n) is 3.95. The number of aliphatic hydroxyl groups excluding tert-OH is 1. The van der Waals surface area contributed by atoms with E-state index in [-0.39, 0.29) is 36.3 Å². The third-order valence-corrected chi connectivity index (χ3v) is 4.39. The third kappa shape index (κ3) is 3.66. The molecule has 1 aliphatic carbocycles. The Balaban J connectivity index is 1.95. The quantitative estimate of drug-likeness (QED) is 0.876. The summed E-state index contributed by atoms with van der Waals surface area (Å²) in [5, 5.41) is 13.2. The van der Waals surface area contributed by atoms with Crippen molar-refractivity contribution in [2.24, 2.45) is 11.8 Å². The Kier molecular flexibility index (Phi) is 4.95. The molecule has 3 nitrogen and oxygen atoms in total. The van der Waals surface area contributed by atoms with Crippen LogP contribution < -0.4 is 5.32 Å². The Morgan fingerprint density at radius 2 is 1.95 bits per heavy atom. The molecule has 1 amide bonds. The van der Waals surface area contributed by atoms with Gasteiger partial charge in [0.2, 0.25) is 5.91 Å². The van der Waals surface area contributed by atoms with Crippen LogP contribution in [0.4, 0.5) is 0 Å². The SMILES string of the molecule is CC(CO)C(C)NC(=O)C1CC1c1cc(Cl)cc(Cl)c1. The smallest absolute Gasteiger partial charge is 0.223 e. The summed E-state index contributed by atoms with van der Waals surface area (Å²) in [6.07, 6.45) is 0.822. The lowest BCUT2D eigenvalue weighted by molar-refractivity contribution is -0.123. The molecule has 110 valence electrons. The average Bonchev–Trinajstić information content (AvgIpc) is 3.16. The number of carbonyl (C=O) groups excluding carboxylic acids is 1. The summed E-state index contributed by atoms with van der Waals surface area (Å²) in [4.78, 5) is 12.1. The molecule has 4 unspecified atom stereocenters. The lowest BCUT2D eigenvalue weighted by atomic mass is 10.0. The molecule has 0 aliphatic heterocycles. The number of aliphatic hydroxyl groups is 1. The zero-order chi connectivity index (χ0) is 14.9. The Hall–Kier alpha value is -0.770.